The van der Waals surface area contributed by atoms with Gasteiger partial charge in [0, 0.05) is 26.7 Å². The fourth-order valence-electron chi connectivity index (χ4n) is 3.28. The molecule has 2 unspecified atom stereocenters. The lowest BCUT2D eigenvalue weighted by molar-refractivity contribution is 0.0149. The molecule has 0 aromatic rings. The fraction of sp³-hybridized carbons (Fsp3) is 1.00. The molecule has 1 aliphatic heterocycles. The molecule has 1 aliphatic rings. The van der Waals surface area contributed by atoms with Crippen molar-refractivity contribution in [3.63, 3.8) is 0 Å². The van der Waals surface area contributed by atoms with Crippen LogP contribution in [0.3, 0.4) is 0 Å². The maximum Gasteiger partial charge on any atom is 0.0698 e. The maximum atomic E-state index is 5.54. The fourth-order valence-corrected chi connectivity index (χ4v) is 3.28. The first-order chi connectivity index (χ1) is 9.13. The van der Waals surface area contributed by atoms with Gasteiger partial charge in [-0.15, -0.1) is 0 Å². The van der Waals surface area contributed by atoms with Gasteiger partial charge < -0.3 is 15.0 Å². The molecule has 0 bridgehead atoms. The molecule has 1 heterocycles. The number of rotatable bonds is 9. The van der Waals surface area contributed by atoms with E-state index in [1.807, 2.05) is 7.11 Å². The van der Waals surface area contributed by atoms with Gasteiger partial charge in [-0.3, -0.25) is 0 Å². The number of hydrogen-bond donors (Lipinski definition) is 1. The van der Waals surface area contributed by atoms with E-state index in [2.05, 4.69) is 31.0 Å². The predicted molar refractivity (Wildman–Crippen MR) is 82.6 cm³/mol. The first kappa shape index (κ1) is 16.9. The Morgan fingerprint density at radius 1 is 1.32 bits per heavy atom. The molecule has 1 saturated heterocycles. The number of methoxy groups -OCH3 is 1. The molecule has 0 aromatic carbocycles. The molecule has 1 rings (SSSR count). The first-order valence-electron chi connectivity index (χ1n) is 8.09. The number of nitrogens with zero attached hydrogens (tertiary/aromatic N) is 1. The van der Waals surface area contributed by atoms with Gasteiger partial charge in [0.1, 0.15) is 0 Å². The Hall–Kier alpha value is -0.120. The normalized spacial score (nSPS) is 24.3. The molecule has 19 heavy (non-hydrogen) atoms. The second-order valence-electron chi connectivity index (χ2n) is 6.47. The SMILES string of the molecule is CCCNCC(C)(CCC)CN1CCCC(OC)C1. The van der Waals surface area contributed by atoms with Crippen LogP contribution >= 0.6 is 0 Å². The van der Waals surface area contributed by atoms with Gasteiger partial charge in [-0.1, -0.05) is 27.2 Å². The topological polar surface area (TPSA) is 24.5 Å². The van der Waals surface area contributed by atoms with Crippen LogP contribution < -0.4 is 5.32 Å². The Labute approximate surface area is 120 Å². The first-order valence-corrected chi connectivity index (χ1v) is 8.09. The van der Waals surface area contributed by atoms with E-state index in [-0.39, 0.29) is 0 Å². The van der Waals surface area contributed by atoms with Crippen molar-refractivity contribution in [1.82, 2.24) is 10.2 Å². The third kappa shape index (κ3) is 6.24. The lowest BCUT2D eigenvalue weighted by atomic mass is 9.84. The minimum Gasteiger partial charge on any atom is -0.380 e. The van der Waals surface area contributed by atoms with E-state index in [0.717, 1.165) is 19.6 Å². The van der Waals surface area contributed by atoms with E-state index in [1.165, 1.54) is 45.2 Å². The molecule has 0 spiro atoms. The second-order valence-corrected chi connectivity index (χ2v) is 6.47. The number of nitrogens with one attached hydrogen (secondary N) is 1. The predicted octanol–water partition coefficient (Wildman–Crippen LogP) is 2.90. The van der Waals surface area contributed by atoms with Crippen molar-refractivity contribution in [1.29, 1.82) is 0 Å². The van der Waals surface area contributed by atoms with E-state index in [4.69, 9.17) is 4.74 Å². The van der Waals surface area contributed by atoms with Crippen molar-refractivity contribution in [2.75, 3.05) is 39.8 Å². The molecule has 0 saturated carbocycles. The van der Waals surface area contributed by atoms with Crippen LogP contribution in [0.15, 0.2) is 0 Å². The Morgan fingerprint density at radius 2 is 2.11 bits per heavy atom. The molecule has 0 aromatic heterocycles. The van der Waals surface area contributed by atoms with Crippen molar-refractivity contribution in [3.8, 4) is 0 Å². The summed E-state index contributed by atoms with van der Waals surface area (Å²) < 4.78 is 5.54. The molecule has 1 N–H and O–H groups in total. The molecule has 0 aliphatic carbocycles. The van der Waals surface area contributed by atoms with Gasteiger partial charge in [0.2, 0.25) is 0 Å². The van der Waals surface area contributed by atoms with E-state index in [9.17, 15) is 0 Å². The van der Waals surface area contributed by atoms with Crippen LogP contribution in [0.1, 0.15) is 52.9 Å². The van der Waals surface area contributed by atoms with Gasteiger partial charge in [-0.25, -0.2) is 0 Å². The highest BCUT2D eigenvalue weighted by Gasteiger charge is 2.28. The summed E-state index contributed by atoms with van der Waals surface area (Å²) >= 11 is 0. The summed E-state index contributed by atoms with van der Waals surface area (Å²) in [4.78, 5) is 2.61. The molecule has 3 nitrogen and oxygen atoms in total. The smallest absolute Gasteiger partial charge is 0.0698 e. The summed E-state index contributed by atoms with van der Waals surface area (Å²) in [7, 11) is 1.85. The number of ether oxygens (including phenoxy) is 1. The van der Waals surface area contributed by atoms with Crippen LogP contribution in [0.2, 0.25) is 0 Å². The van der Waals surface area contributed by atoms with E-state index in [0.29, 0.717) is 11.5 Å². The third-order valence-corrected chi connectivity index (χ3v) is 4.23. The van der Waals surface area contributed by atoms with E-state index in [1.54, 1.807) is 0 Å². The standard InChI is InChI=1S/C16H34N2O/c1-5-9-16(3,13-17-10-6-2)14-18-11-7-8-15(12-18)19-4/h15,17H,5-14H2,1-4H3. The highest BCUT2D eigenvalue weighted by Crippen LogP contribution is 2.26. The summed E-state index contributed by atoms with van der Waals surface area (Å²) in [6.45, 7) is 12.8. The largest absolute Gasteiger partial charge is 0.380 e. The average molecular weight is 270 g/mol. The summed E-state index contributed by atoms with van der Waals surface area (Å²) in [5.41, 5.74) is 0.402. The quantitative estimate of drug-likeness (QED) is 0.652. The molecular formula is C16H34N2O. The van der Waals surface area contributed by atoms with E-state index < -0.39 is 0 Å². The Morgan fingerprint density at radius 3 is 2.74 bits per heavy atom. The van der Waals surface area contributed by atoms with Gasteiger partial charge in [0.05, 0.1) is 6.10 Å². The highest BCUT2D eigenvalue weighted by molar-refractivity contribution is 4.83. The lowest BCUT2D eigenvalue weighted by Crippen LogP contribution is -2.47. The van der Waals surface area contributed by atoms with Crippen LogP contribution in [-0.2, 0) is 4.74 Å². The molecule has 1 fully saturated rings. The van der Waals surface area contributed by atoms with Gasteiger partial charge in [-0.2, -0.15) is 0 Å². The van der Waals surface area contributed by atoms with Crippen molar-refractivity contribution < 1.29 is 4.74 Å². The van der Waals surface area contributed by atoms with Crippen molar-refractivity contribution >= 4 is 0 Å². The van der Waals surface area contributed by atoms with Crippen molar-refractivity contribution in [3.05, 3.63) is 0 Å². The van der Waals surface area contributed by atoms with E-state index >= 15 is 0 Å². The Balaban J connectivity index is 2.46. The molecule has 0 amide bonds. The van der Waals surface area contributed by atoms with Gasteiger partial charge in [-0.05, 0) is 44.2 Å². The van der Waals surface area contributed by atoms with Crippen LogP contribution in [-0.4, -0.2) is 50.8 Å². The number of piperidine rings is 1. The number of hydrogen-bond acceptors (Lipinski definition) is 3. The third-order valence-electron chi connectivity index (χ3n) is 4.23. The van der Waals surface area contributed by atoms with Crippen LogP contribution in [0.5, 0.6) is 0 Å². The maximum absolute atomic E-state index is 5.54. The molecule has 0 radical (unpaired) electrons. The van der Waals surface area contributed by atoms with Gasteiger partial charge >= 0.3 is 0 Å². The average Bonchev–Trinajstić information content (AvgIpc) is 2.39. The number of likely N-dealkylation sites (tertiary alicyclic amines) is 1. The zero-order chi connectivity index (χ0) is 14.1. The van der Waals surface area contributed by atoms with Crippen molar-refractivity contribution in [2.24, 2.45) is 5.41 Å². The summed E-state index contributed by atoms with van der Waals surface area (Å²) in [6, 6.07) is 0. The molecular weight excluding hydrogens is 236 g/mol. The minimum atomic E-state index is 0.402. The zero-order valence-corrected chi connectivity index (χ0v) is 13.5. The monoisotopic (exact) mass is 270 g/mol. The van der Waals surface area contributed by atoms with Crippen LogP contribution in [0.25, 0.3) is 0 Å². The molecule has 114 valence electrons. The highest BCUT2D eigenvalue weighted by atomic mass is 16.5. The summed E-state index contributed by atoms with van der Waals surface area (Å²) in [5, 5.41) is 3.62. The second kappa shape index (κ2) is 8.93. The molecule has 3 heteroatoms. The van der Waals surface area contributed by atoms with Crippen LogP contribution in [0, 0.1) is 5.41 Å². The summed E-state index contributed by atoms with van der Waals surface area (Å²) in [6.07, 6.45) is 6.75. The molecule has 2 atom stereocenters. The van der Waals surface area contributed by atoms with Gasteiger partial charge in [0.25, 0.3) is 0 Å². The van der Waals surface area contributed by atoms with Crippen LogP contribution in [0.4, 0.5) is 0 Å². The van der Waals surface area contributed by atoms with Gasteiger partial charge in [0.15, 0.2) is 0 Å². The zero-order valence-electron chi connectivity index (χ0n) is 13.5. The van der Waals surface area contributed by atoms with Crippen molar-refractivity contribution in [2.45, 2.75) is 59.0 Å². The minimum absolute atomic E-state index is 0.402. The Bertz CT molecular complexity index is 235. The lowest BCUT2D eigenvalue weighted by Gasteiger charge is -2.39. The Kier molecular flexibility index (Phi) is 7.96. The summed E-state index contributed by atoms with van der Waals surface area (Å²) in [5.74, 6) is 0.